The van der Waals surface area contributed by atoms with Gasteiger partial charge in [0.05, 0.1) is 16.7 Å². The normalized spacial score (nSPS) is 11.9. The van der Waals surface area contributed by atoms with E-state index in [1.165, 1.54) is 12.1 Å². The van der Waals surface area contributed by atoms with E-state index in [1.807, 2.05) is 39.8 Å². The van der Waals surface area contributed by atoms with Crippen LogP contribution >= 0.6 is 12.2 Å². The van der Waals surface area contributed by atoms with E-state index >= 15 is 0 Å². The molecule has 0 aliphatic carbocycles. The van der Waals surface area contributed by atoms with Crippen molar-refractivity contribution < 1.29 is 17.9 Å². The maximum atomic E-state index is 12.8. The van der Waals surface area contributed by atoms with E-state index in [9.17, 15) is 13.2 Å². The Morgan fingerprint density at radius 3 is 2.26 bits per heavy atom. The molecule has 7 nitrogen and oxygen atoms in total. The first-order valence-corrected chi connectivity index (χ1v) is 13.1. The summed E-state index contributed by atoms with van der Waals surface area (Å²) in [4.78, 5) is 12.6. The lowest BCUT2D eigenvalue weighted by molar-refractivity contribution is 0.0977. The van der Waals surface area contributed by atoms with E-state index in [0.29, 0.717) is 22.7 Å². The maximum Gasteiger partial charge on any atom is 0.261 e. The highest BCUT2D eigenvalue weighted by atomic mass is 32.2. The fourth-order valence-electron chi connectivity index (χ4n) is 3.19. The molecule has 0 saturated carbocycles. The zero-order valence-corrected chi connectivity index (χ0v) is 21.7. The number of anilines is 2. The highest BCUT2D eigenvalue weighted by molar-refractivity contribution is 7.92. The van der Waals surface area contributed by atoms with Crippen molar-refractivity contribution in [2.45, 2.75) is 45.1 Å². The number of aryl methyl sites for hydroxylation is 2. The van der Waals surface area contributed by atoms with Crippen LogP contribution < -0.4 is 20.1 Å². The predicted molar refractivity (Wildman–Crippen MR) is 144 cm³/mol. The first-order chi connectivity index (χ1) is 16.6. The third kappa shape index (κ3) is 7.27. The van der Waals surface area contributed by atoms with Gasteiger partial charge in [0.1, 0.15) is 5.75 Å². The summed E-state index contributed by atoms with van der Waals surface area (Å²) >= 11 is 5.23. The van der Waals surface area contributed by atoms with E-state index in [2.05, 4.69) is 15.4 Å². The van der Waals surface area contributed by atoms with E-state index < -0.39 is 10.0 Å². The molecule has 0 radical (unpaired) electrons. The minimum atomic E-state index is -3.75. The van der Waals surface area contributed by atoms with Crippen LogP contribution in [0.15, 0.2) is 71.6 Å². The number of amides is 1. The largest absolute Gasteiger partial charge is 0.491 e. The van der Waals surface area contributed by atoms with E-state index in [1.54, 1.807) is 42.5 Å². The number of nitrogens with one attached hydrogen (secondary N) is 3. The Kier molecular flexibility index (Phi) is 8.48. The SMILES string of the molecule is CCC(C)Oc1ccc(C(=O)NC(=S)Nc2ccc(S(=O)(=O)Nc3ccc(C)cc3C)cc2)cc1. The molecule has 3 aromatic rings. The molecule has 0 saturated heterocycles. The van der Waals surface area contributed by atoms with Crippen LogP contribution in [-0.2, 0) is 10.0 Å². The summed E-state index contributed by atoms with van der Waals surface area (Å²) in [6, 6.07) is 18.4. The van der Waals surface area contributed by atoms with Gasteiger partial charge >= 0.3 is 0 Å². The van der Waals surface area contributed by atoms with Gasteiger partial charge in [-0.3, -0.25) is 14.8 Å². The average Bonchev–Trinajstić information content (AvgIpc) is 2.81. The number of benzene rings is 3. The van der Waals surface area contributed by atoms with Gasteiger partial charge in [0, 0.05) is 11.3 Å². The number of rotatable bonds is 8. The van der Waals surface area contributed by atoms with Gasteiger partial charge in [0.25, 0.3) is 15.9 Å². The molecule has 0 aliphatic rings. The summed E-state index contributed by atoms with van der Waals surface area (Å²) < 4.78 is 33.8. The van der Waals surface area contributed by atoms with Gasteiger partial charge in [-0.05, 0) is 99.6 Å². The van der Waals surface area contributed by atoms with Crippen molar-refractivity contribution in [1.29, 1.82) is 0 Å². The van der Waals surface area contributed by atoms with Gasteiger partial charge in [0.15, 0.2) is 5.11 Å². The van der Waals surface area contributed by atoms with Gasteiger partial charge in [-0.15, -0.1) is 0 Å². The molecule has 0 aliphatic heterocycles. The second-order valence-corrected chi connectivity index (χ2v) is 10.3. The monoisotopic (exact) mass is 511 g/mol. The van der Waals surface area contributed by atoms with Gasteiger partial charge in [-0.1, -0.05) is 24.6 Å². The maximum absolute atomic E-state index is 12.8. The molecule has 3 aromatic carbocycles. The zero-order chi connectivity index (χ0) is 25.6. The minimum Gasteiger partial charge on any atom is -0.491 e. The second-order valence-electron chi connectivity index (χ2n) is 8.22. The number of carbonyl (C=O) groups is 1. The van der Waals surface area contributed by atoms with Crippen LogP contribution in [0.4, 0.5) is 11.4 Å². The Morgan fingerprint density at radius 1 is 1.00 bits per heavy atom. The number of sulfonamides is 1. The molecule has 3 rings (SSSR count). The third-order valence-corrected chi connectivity index (χ3v) is 6.89. The average molecular weight is 512 g/mol. The van der Waals surface area contributed by atoms with Crippen molar-refractivity contribution in [2.75, 3.05) is 10.0 Å². The Hall–Kier alpha value is -3.43. The summed E-state index contributed by atoms with van der Waals surface area (Å²) in [5.74, 6) is 0.327. The van der Waals surface area contributed by atoms with E-state index in [0.717, 1.165) is 17.5 Å². The van der Waals surface area contributed by atoms with Crippen LogP contribution in [0.25, 0.3) is 0 Å². The van der Waals surface area contributed by atoms with E-state index in [4.69, 9.17) is 17.0 Å². The van der Waals surface area contributed by atoms with Crippen LogP contribution in [-0.4, -0.2) is 25.5 Å². The Morgan fingerprint density at radius 2 is 1.66 bits per heavy atom. The standard InChI is InChI=1S/C26H29N3O4S2/c1-5-19(4)33-22-11-7-20(8-12-22)25(30)28-26(34)27-21-9-13-23(14-10-21)35(31,32)29-24-15-6-17(2)16-18(24)3/h6-16,19,29H,5H2,1-4H3,(H2,27,28,30,34). The van der Waals surface area contributed by atoms with Crippen LogP contribution in [0.3, 0.4) is 0 Å². The van der Waals surface area contributed by atoms with Crippen molar-refractivity contribution in [3.8, 4) is 5.75 Å². The molecule has 1 unspecified atom stereocenters. The lowest BCUT2D eigenvalue weighted by atomic mass is 10.1. The summed E-state index contributed by atoms with van der Waals surface area (Å²) in [6.07, 6.45) is 0.980. The predicted octanol–water partition coefficient (Wildman–Crippen LogP) is 5.41. The van der Waals surface area contributed by atoms with Crippen molar-refractivity contribution in [2.24, 2.45) is 0 Å². The Balaban J connectivity index is 1.59. The molecule has 1 amide bonds. The number of thiocarbonyl (C=S) groups is 1. The summed E-state index contributed by atoms with van der Waals surface area (Å²) in [6.45, 7) is 7.82. The van der Waals surface area contributed by atoms with Gasteiger partial charge in [-0.25, -0.2) is 8.42 Å². The first kappa shape index (κ1) is 26.2. The number of hydrogen-bond donors (Lipinski definition) is 3. The van der Waals surface area contributed by atoms with Crippen LogP contribution in [0.1, 0.15) is 41.8 Å². The zero-order valence-electron chi connectivity index (χ0n) is 20.1. The first-order valence-electron chi connectivity index (χ1n) is 11.2. The van der Waals surface area contributed by atoms with Gasteiger partial charge in [-0.2, -0.15) is 0 Å². The Bertz CT molecular complexity index is 1310. The molecule has 0 aromatic heterocycles. The number of hydrogen-bond acceptors (Lipinski definition) is 5. The second kappa shape index (κ2) is 11.3. The van der Waals surface area contributed by atoms with Crippen molar-refractivity contribution in [1.82, 2.24) is 5.32 Å². The third-order valence-electron chi connectivity index (χ3n) is 5.30. The van der Waals surface area contributed by atoms with Gasteiger partial charge < -0.3 is 10.1 Å². The van der Waals surface area contributed by atoms with Crippen molar-refractivity contribution >= 4 is 44.6 Å². The molecule has 1 atom stereocenters. The molecule has 3 N–H and O–H groups in total. The molecule has 0 bridgehead atoms. The molecule has 0 heterocycles. The molecule has 35 heavy (non-hydrogen) atoms. The summed E-state index contributed by atoms with van der Waals surface area (Å²) in [7, 11) is -3.75. The quantitative estimate of drug-likeness (QED) is 0.350. The summed E-state index contributed by atoms with van der Waals surface area (Å²) in [5, 5.41) is 5.60. The van der Waals surface area contributed by atoms with E-state index in [-0.39, 0.29) is 22.0 Å². The number of carbonyl (C=O) groups excluding carboxylic acids is 1. The van der Waals surface area contributed by atoms with Crippen LogP contribution in [0.5, 0.6) is 5.75 Å². The van der Waals surface area contributed by atoms with Crippen LogP contribution in [0, 0.1) is 13.8 Å². The number of ether oxygens (including phenoxy) is 1. The molecule has 9 heteroatoms. The topological polar surface area (TPSA) is 96.5 Å². The highest BCUT2D eigenvalue weighted by Gasteiger charge is 2.16. The smallest absolute Gasteiger partial charge is 0.261 e. The Labute approximate surface area is 212 Å². The van der Waals surface area contributed by atoms with Crippen molar-refractivity contribution in [3.63, 3.8) is 0 Å². The lowest BCUT2D eigenvalue weighted by Crippen LogP contribution is -2.34. The summed E-state index contributed by atoms with van der Waals surface area (Å²) in [5.41, 5.74) is 3.39. The molecular weight excluding hydrogens is 482 g/mol. The fourth-order valence-corrected chi connectivity index (χ4v) is 4.53. The van der Waals surface area contributed by atoms with Crippen LogP contribution in [0.2, 0.25) is 0 Å². The minimum absolute atomic E-state index is 0.0929. The van der Waals surface area contributed by atoms with Crippen molar-refractivity contribution in [3.05, 3.63) is 83.4 Å². The van der Waals surface area contributed by atoms with Gasteiger partial charge in [0.2, 0.25) is 0 Å². The molecular formula is C26H29N3O4S2. The molecule has 184 valence electrons. The molecule has 0 spiro atoms. The lowest BCUT2D eigenvalue weighted by Gasteiger charge is -2.13. The highest BCUT2D eigenvalue weighted by Crippen LogP contribution is 2.22. The fraction of sp³-hybridized carbons (Fsp3) is 0.231. The molecule has 0 fully saturated rings.